The van der Waals surface area contributed by atoms with Crippen LogP contribution in [0.3, 0.4) is 0 Å². The fraction of sp³-hybridized carbons (Fsp3) is 0.182. The van der Waals surface area contributed by atoms with Crippen LogP contribution in [0.25, 0.3) is 11.4 Å². The first-order valence-electron chi connectivity index (χ1n) is 4.51. The van der Waals surface area contributed by atoms with Gasteiger partial charge in [0.05, 0.1) is 11.3 Å². The average Bonchev–Trinajstić information content (AvgIpc) is 2.65. The number of hydrogen-bond donors (Lipinski definition) is 0. The van der Waals surface area contributed by atoms with Crippen molar-refractivity contribution in [1.82, 2.24) is 10.1 Å². The molecule has 2 aromatic heterocycles. The molecule has 74 valence electrons. The number of nitriles is 1. The van der Waals surface area contributed by atoms with Crippen molar-refractivity contribution in [3.63, 3.8) is 0 Å². The Morgan fingerprint density at radius 1 is 1.27 bits per heavy atom. The van der Waals surface area contributed by atoms with E-state index in [4.69, 9.17) is 9.78 Å². The predicted molar refractivity (Wildman–Crippen MR) is 53.9 cm³/mol. The summed E-state index contributed by atoms with van der Waals surface area (Å²) in [5, 5.41) is 12.6. The fourth-order valence-electron chi connectivity index (χ4n) is 1.30. The number of rotatable bonds is 1. The summed E-state index contributed by atoms with van der Waals surface area (Å²) in [6, 6.07) is 5.72. The van der Waals surface area contributed by atoms with E-state index in [0.717, 1.165) is 17.0 Å². The third-order valence-electron chi connectivity index (χ3n) is 2.12. The van der Waals surface area contributed by atoms with E-state index in [1.165, 1.54) is 0 Å². The van der Waals surface area contributed by atoms with E-state index in [0.29, 0.717) is 11.3 Å². The van der Waals surface area contributed by atoms with E-state index >= 15 is 0 Å². The second-order valence-electron chi connectivity index (χ2n) is 3.32. The van der Waals surface area contributed by atoms with Gasteiger partial charge < -0.3 is 4.52 Å². The lowest BCUT2D eigenvalue weighted by molar-refractivity contribution is 0.399. The molecule has 0 bridgehead atoms. The average molecular weight is 199 g/mol. The van der Waals surface area contributed by atoms with Crippen LogP contribution in [0.2, 0.25) is 0 Å². The molecular weight excluding hydrogens is 190 g/mol. The summed E-state index contributed by atoms with van der Waals surface area (Å²) in [5.41, 5.74) is 2.89. The van der Waals surface area contributed by atoms with Crippen molar-refractivity contribution in [3.8, 4) is 17.5 Å². The third-order valence-corrected chi connectivity index (χ3v) is 2.12. The summed E-state index contributed by atoms with van der Waals surface area (Å²) in [7, 11) is 0. The van der Waals surface area contributed by atoms with Gasteiger partial charge in [-0.1, -0.05) is 5.16 Å². The number of nitrogens with zero attached hydrogens (tertiary/aromatic N) is 3. The zero-order valence-corrected chi connectivity index (χ0v) is 8.48. The molecule has 0 saturated carbocycles. The van der Waals surface area contributed by atoms with Crippen molar-refractivity contribution >= 4 is 0 Å². The molecule has 0 amide bonds. The molecule has 0 spiro atoms. The smallest absolute Gasteiger partial charge is 0.134 e. The third kappa shape index (κ3) is 1.72. The monoisotopic (exact) mass is 199 g/mol. The summed E-state index contributed by atoms with van der Waals surface area (Å²) < 4.78 is 4.96. The quantitative estimate of drug-likeness (QED) is 0.706. The lowest BCUT2D eigenvalue weighted by Crippen LogP contribution is -1.88. The fourth-order valence-corrected chi connectivity index (χ4v) is 1.30. The van der Waals surface area contributed by atoms with Gasteiger partial charge >= 0.3 is 0 Å². The molecule has 0 saturated heterocycles. The molecule has 2 aromatic rings. The number of aromatic nitrogens is 2. The largest absolute Gasteiger partial charge is 0.361 e. The van der Waals surface area contributed by atoms with Crippen LogP contribution in [0.15, 0.2) is 22.9 Å². The molecule has 2 heterocycles. The van der Waals surface area contributed by atoms with E-state index in [9.17, 15) is 0 Å². The molecule has 0 fully saturated rings. The predicted octanol–water partition coefficient (Wildman–Crippen LogP) is 2.23. The summed E-state index contributed by atoms with van der Waals surface area (Å²) >= 11 is 0. The van der Waals surface area contributed by atoms with Crippen molar-refractivity contribution in [2.45, 2.75) is 13.8 Å². The maximum absolute atomic E-state index is 8.76. The molecule has 0 aliphatic heterocycles. The maximum atomic E-state index is 8.76. The minimum atomic E-state index is 0.582. The summed E-state index contributed by atoms with van der Waals surface area (Å²) in [6.07, 6.45) is 1.55. The Morgan fingerprint density at radius 3 is 2.60 bits per heavy atom. The molecule has 2 rings (SSSR count). The highest BCUT2D eigenvalue weighted by Crippen LogP contribution is 2.18. The van der Waals surface area contributed by atoms with Crippen molar-refractivity contribution in [1.29, 1.82) is 5.26 Å². The van der Waals surface area contributed by atoms with Crippen LogP contribution in [0.5, 0.6) is 0 Å². The summed E-state index contributed by atoms with van der Waals surface area (Å²) in [5.74, 6) is 0.744. The molecule has 0 radical (unpaired) electrons. The zero-order valence-electron chi connectivity index (χ0n) is 8.48. The molecular formula is C11H9N3O. The molecule has 4 nitrogen and oxygen atoms in total. The van der Waals surface area contributed by atoms with Crippen molar-refractivity contribution < 1.29 is 4.52 Å². The van der Waals surface area contributed by atoms with Crippen LogP contribution in [0.1, 0.15) is 16.9 Å². The second kappa shape index (κ2) is 3.54. The van der Waals surface area contributed by atoms with Crippen LogP contribution < -0.4 is 0 Å². The van der Waals surface area contributed by atoms with Crippen LogP contribution in [-0.2, 0) is 0 Å². The first-order valence-corrected chi connectivity index (χ1v) is 4.51. The van der Waals surface area contributed by atoms with Gasteiger partial charge in [-0.25, -0.2) is 0 Å². The maximum Gasteiger partial charge on any atom is 0.134 e. The minimum absolute atomic E-state index is 0.582. The SMILES string of the molecule is Cc1cc(-c2cc(C)c(C#N)cn2)no1. The van der Waals surface area contributed by atoms with E-state index in [1.807, 2.05) is 26.0 Å². The minimum Gasteiger partial charge on any atom is -0.361 e. The Morgan fingerprint density at radius 2 is 2.07 bits per heavy atom. The standard InChI is InChI=1S/C11H9N3O/c1-7-3-10(13-6-9(7)5-12)11-4-8(2)15-14-11/h3-4,6H,1-2H3. The van der Waals surface area contributed by atoms with Crippen molar-refractivity contribution in [2.75, 3.05) is 0 Å². The summed E-state index contributed by atoms with van der Waals surface area (Å²) in [4.78, 5) is 4.15. The van der Waals surface area contributed by atoms with Gasteiger partial charge in [0.15, 0.2) is 0 Å². The van der Waals surface area contributed by atoms with Crippen molar-refractivity contribution in [2.24, 2.45) is 0 Å². The molecule has 0 aliphatic rings. The van der Waals surface area contributed by atoms with Crippen LogP contribution in [0, 0.1) is 25.2 Å². The van der Waals surface area contributed by atoms with E-state index < -0.39 is 0 Å². The highest BCUT2D eigenvalue weighted by atomic mass is 16.5. The van der Waals surface area contributed by atoms with E-state index in [2.05, 4.69) is 16.2 Å². The molecule has 0 unspecified atom stereocenters. The number of pyridine rings is 1. The van der Waals surface area contributed by atoms with E-state index in [1.54, 1.807) is 6.20 Å². The van der Waals surface area contributed by atoms with Gasteiger partial charge in [0.2, 0.25) is 0 Å². The van der Waals surface area contributed by atoms with Crippen LogP contribution >= 0.6 is 0 Å². The van der Waals surface area contributed by atoms with E-state index in [-0.39, 0.29) is 0 Å². The van der Waals surface area contributed by atoms with Crippen LogP contribution in [0.4, 0.5) is 0 Å². The molecule has 0 atom stereocenters. The summed E-state index contributed by atoms with van der Waals surface area (Å²) in [6.45, 7) is 3.70. The van der Waals surface area contributed by atoms with Gasteiger partial charge in [0.1, 0.15) is 17.5 Å². The Kier molecular flexibility index (Phi) is 2.22. The topological polar surface area (TPSA) is 62.7 Å². The Labute approximate surface area is 87.2 Å². The first kappa shape index (κ1) is 9.41. The van der Waals surface area contributed by atoms with Gasteiger partial charge in [0, 0.05) is 12.3 Å². The zero-order chi connectivity index (χ0) is 10.8. The van der Waals surface area contributed by atoms with Gasteiger partial charge in [0.25, 0.3) is 0 Å². The molecule has 15 heavy (non-hydrogen) atoms. The molecule has 0 N–H and O–H groups in total. The molecule has 0 aliphatic carbocycles. The first-order chi connectivity index (χ1) is 7.20. The van der Waals surface area contributed by atoms with Gasteiger partial charge in [-0.15, -0.1) is 0 Å². The Balaban J connectivity index is 2.48. The highest BCUT2D eigenvalue weighted by Gasteiger charge is 2.07. The second-order valence-corrected chi connectivity index (χ2v) is 3.32. The van der Waals surface area contributed by atoms with Gasteiger partial charge in [-0.05, 0) is 25.5 Å². The number of aryl methyl sites for hydroxylation is 2. The van der Waals surface area contributed by atoms with Crippen LogP contribution in [-0.4, -0.2) is 10.1 Å². The lowest BCUT2D eigenvalue weighted by Gasteiger charge is -1.98. The van der Waals surface area contributed by atoms with Crippen molar-refractivity contribution in [3.05, 3.63) is 35.2 Å². The highest BCUT2D eigenvalue weighted by molar-refractivity contribution is 5.56. The van der Waals surface area contributed by atoms with Gasteiger partial charge in [-0.3, -0.25) is 4.98 Å². The number of hydrogen-bond acceptors (Lipinski definition) is 4. The normalized spacial score (nSPS) is 9.93. The molecule has 0 aromatic carbocycles. The molecule has 4 heteroatoms. The van der Waals surface area contributed by atoms with Gasteiger partial charge in [-0.2, -0.15) is 5.26 Å². The Hall–Kier alpha value is -2.15. The lowest BCUT2D eigenvalue weighted by atomic mass is 10.1. The Bertz CT molecular complexity index is 537.